The number of benzene rings is 1. The Morgan fingerprint density at radius 3 is 2.18 bits per heavy atom. The van der Waals surface area contributed by atoms with E-state index >= 15 is 0 Å². The van der Waals surface area contributed by atoms with Gasteiger partial charge in [0.1, 0.15) is 0 Å². The standard InChI is InChI=1S/C11H9Cl2N3S/c1-6-4-15-11(16-5-6)17-10-8(12)2-7(14)3-9(10)13/h2-5H,14H2,1H3. The molecule has 0 aliphatic rings. The van der Waals surface area contributed by atoms with Gasteiger partial charge in [-0.1, -0.05) is 23.2 Å². The Labute approximate surface area is 113 Å². The summed E-state index contributed by atoms with van der Waals surface area (Å²) in [4.78, 5) is 9.08. The first-order valence-electron chi connectivity index (χ1n) is 4.77. The molecule has 0 radical (unpaired) electrons. The fraction of sp³-hybridized carbons (Fsp3) is 0.0909. The maximum absolute atomic E-state index is 6.08. The molecule has 1 aromatic carbocycles. The Hall–Kier alpha value is -0.970. The van der Waals surface area contributed by atoms with E-state index in [0.29, 0.717) is 25.8 Å². The number of nitrogens with zero attached hydrogens (tertiary/aromatic N) is 2. The minimum absolute atomic E-state index is 0.504. The molecule has 0 fully saturated rings. The van der Waals surface area contributed by atoms with Crippen LogP contribution in [0.3, 0.4) is 0 Å². The molecule has 0 unspecified atom stereocenters. The van der Waals surface area contributed by atoms with Crippen molar-refractivity contribution in [3.63, 3.8) is 0 Å². The minimum atomic E-state index is 0.504. The van der Waals surface area contributed by atoms with Crippen LogP contribution < -0.4 is 5.73 Å². The summed E-state index contributed by atoms with van der Waals surface area (Å²) in [5.41, 5.74) is 7.17. The molecular weight excluding hydrogens is 277 g/mol. The first-order valence-corrected chi connectivity index (χ1v) is 6.34. The summed E-state index contributed by atoms with van der Waals surface area (Å²) >= 11 is 13.5. The van der Waals surface area contributed by atoms with Gasteiger partial charge in [-0.05, 0) is 36.4 Å². The van der Waals surface area contributed by atoms with E-state index in [0.717, 1.165) is 5.56 Å². The summed E-state index contributed by atoms with van der Waals surface area (Å²) in [6.07, 6.45) is 3.49. The summed E-state index contributed by atoms with van der Waals surface area (Å²) in [5, 5.41) is 1.61. The first kappa shape index (κ1) is 12.5. The van der Waals surface area contributed by atoms with E-state index in [9.17, 15) is 0 Å². The largest absolute Gasteiger partial charge is 0.399 e. The van der Waals surface area contributed by atoms with Crippen LogP contribution in [0.4, 0.5) is 5.69 Å². The summed E-state index contributed by atoms with van der Waals surface area (Å²) in [7, 11) is 0. The molecule has 2 rings (SSSR count). The molecular formula is C11H9Cl2N3S. The topological polar surface area (TPSA) is 51.8 Å². The van der Waals surface area contributed by atoms with E-state index in [1.807, 2.05) is 6.92 Å². The average molecular weight is 286 g/mol. The fourth-order valence-electron chi connectivity index (χ4n) is 1.20. The predicted octanol–water partition coefficient (Wildman–Crippen LogP) is 3.83. The second kappa shape index (κ2) is 5.12. The van der Waals surface area contributed by atoms with E-state index in [1.165, 1.54) is 11.8 Å². The lowest BCUT2D eigenvalue weighted by Crippen LogP contribution is -1.89. The monoisotopic (exact) mass is 285 g/mol. The van der Waals surface area contributed by atoms with Crippen molar-refractivity contribution < 1.29 is 0 Å². The number of halogens is 2. The molecule has 88 valence electrons. The van der Waals surface area contributed by atoms with E-state index in [4.69, 9.17) is 28.9 Å². The van der Waals surface area contributed by atoms with Gasteiger partial charge in [-0.25, -0.2) is 9.97 Å². The van der Waals surface area contributed by atoms with Crippen molar-refractivity contribution in [3.8, 4) is 0 Å². The molecule has 0 spiro atoms. The zero-order chi connectivity index (χ0) is 12.4. The summed E-state index contributed by atoms with van der Waals surface area (Å²) in [6, 6.07) is 3.31. The SMILES string of the molecule is Cc1cnc(Sc2c(Cl)cc(N)cc2Cl)nc1. The molecule has 17 heavy (non-hydrogen) atoms. The maximum Gasteiger partial charge on any atom is 0.192 e. The third-order valence-corrected chi connectivity index (χ3v) is 3.83. The molecule has 6 heteroatoms. The van der Waals surface area contributed by atoms with Crippen molar-refractivity contribution in [1.29, 1.82) is 0 Å². The quantitative estimate of drug-likeness (QED) is 0.673. The normalized spacial score (nSPS) is 10.5. The molecule has 2 N–H and O–H groups in total. The van der Waals surface area contributed by atoms with Crippen LogP contribution in [-0.4, -0.2) is 9.97 Å². The van der Waals surface area contributed by atoms with Crippen LogP contribution in [0.1, 0.15) is 5.56 Å². The number of rotatable bonds is 2. The molecule has 1 aromatic heterocycles. The van der Waals surface area contributed by atoms with E-state index in [2.05, 4.69) is 9.97 Å². The van der Waals surface area contributed by atoms with Crippen molar-refractivity contribution >= 4 is 40.7 Å². The Morgan fingerprint density at radius 2 is 1.65 bits per heavy atom. The molecule has 0 bridgehead atoms. The van der Waals surface area contributed by atoms with Crippen molar-refractivity contribution in [2.24, 2.45) is 0 Å². The molecule has 0 atom stereocenters. The van der Waals surface area contributed by atoms with Gasteiger partial charge in [-0.3, -0.25) is 0 Å². The van der Waals surface area contributed by atoms with Crippen molar-refractivity contribution in [2.45, 2.75) is 17.0 Å². The molecule has 0 aliphatic carbocycles. The highest BCUT2D eigenvalue weighted by Crippen LogP contribution is 2.38. The summed E-state index contributed by atoms with van der Waals surface area (Å²) < 4.78 is 0. The lowest BCUT2D eigenvalue weighted by Gasteiger charge is -2.06. The van der Waals surface area contributed by atoms with Crippen molar-refractivity contribution in [3.05, 3.63) is 40.1 Å². The highest BCUT2D eigenvalue weighted by molar-refractivity contribution is 7.99. The first-order chi connectivity index (χ1) is 8.06. The number of aromatic nitrogens is 2. The maximum atomic E-state index is 6.08. The van der Waals surface area contributed by atoms with Crippen LogP contribution in [-0.2, 0) is 0 Å². The summed E-state index contributed by atoms with van der Waals surface area (Å²) in [5.74, 6) is 0. The number of aryl methyl sites for hydroxylation is 1. The Kier molecular flexibility index (Phi) is 3.76. The smallest absolute Gasteiger partial charge is 0.192 e. The van der Waals surface area contributed by atoms with E-state index < -0.39 is 0 Å². The van der Waals surface area contributed by atoms with Crippen molar-refractivity contribution in [1.82, 2.24) is 9.97 Å². The van der Waals surface area contributed by atoms with Crippen LogP contribution in [0, 0.1) is 6.92 Å². The average Bonchev–Trinajstić information content (AvgIpc) is 2.26. The van der Waals surface area contributed by atoms with Gasteiger partial charge in [-0.15, -0.1) is 0 Å². The lowest BCUT2D eigenvalue weighted by molar-refractivity contribution is 0.950. The van der Waals surface area contributed by atoms with Crippen LogP contribution in [0.5, 0.6) is 0 Å². The fourth-order valence-corrected chi connectivity index (χ4v) is 2.64. The van der Waals surface area contributed by atoms with Gasteiger partial charge >= 0.3 is 0 Å². The molecule has 1 heterocycles. The third kappa shape index (κ3) is 3.03. The van der Waals surface area contributed by atoms with Crippen LogP contribution in [0.25, 0.3) is 0 Å². The van der Waals surface area contributed by atoms with Crippen LogP contribution >= 0.6 is 35.0 Å². The number of hydrogen-bond donors (Lipinski definition) is 1. The molecule has 2 aromatic rings. The van der Waals surface area contributed by atoms with Crippen molar-refractivity contribution in [2.75, 3.05) is 5.73 Å². The van der Waals surface area contributed by atoms with E-state index in [1.54, 1.807) is 24.5 Å². The minimum Gasteiger partial charge on any atom is -0.399 e. The number of anilines is 1. The van der Waals surface area contributed by atoms with Gasteiger partial charge in [0.2, 0.25) is 0 Å². The van der Waals surface area contributed by atoms with Crippen LogP contribution in [0.2, 0.25) is 10.0 Å². The zero-order valence-corrected chi connectivity index (χ0v) is 11.3. The van der Waals surface area contributed by atoms with Gasteiger partial charge < -0.3 is 5.73 Å². The Morgan fingerprint density at radius 1 is 1.12 bits per heavy atom. The van der Waals surface area contributed by atoms with Crippen LogP contribution in [0.15, 0.2) is 34.6 Å². The second-order valence-corrected chi connectivity index (χ2v) is 5.25. The molecule has 0 amide bonds. The second-order valence-electron chi connectivity index (χ2n) is 3.46. The number of nitrogens with two attached hydrogens (primary N) is 1. The molecule has 0 saturated carbocycles. The molecule has 0 saturated heterocycles. The number of nitrogen functional groups attached to an aromatic ring is 1. The Balaban J connectivity index is 2.33. The third-order valence-electron chi connectivity index (χ3n) is 1.97. The number of hydrogen-bond acceptors (Lipinski definition) is 4. The van der Waals surface area contributed by atoms with Gasteiger partial charge in [0.25, 0.3) is 0 Å². The lowest BCUT2D eigenvalue weighted by atomic mass is 10.3. The summed E-state index contributed by atoms with van der Waals surface area (Å²) in [6.45, 7) is 1.93. The van der Waals surface area contributed by atoms with Gasteiger partial charge in [0.15, 0.2) is 5.16 Å². The predicted molar refractivity (Wildman–Crippen MR) is 71.8 cm³/mol. The van der Waals surface area contributed by atoms with E-state index in [-0.39, 0.29) is 0 Å². The highest BCUT2D eigenvalue weighted by atomic mass is 35.5. The zero-order valence-electron chi connectivity index (χ0n) is 8.95. The van der Waals surface area contributed by atoms with Gasteiger partial charge in [0, 0.05) is 18.1 Å². The molecule has 0 aliphatic heterocycles. The highest BCUT2D eigenvalue weighted by Gasteiger charge is 2.10. The molecule has 3 nitrogen and oxygen atoms in total. The Bertz CT molecular complexity index is 520. The van der Waals surface area contributed by atoms with Gasteiger partial charge in [0.05, 0.1) is 14.9 Å². The van der Waals surface area contributed by atoms with Gasteiger partial charge in [-0.2, -0.15) is 0 Å².